The number of amides is 1. The van der Waals surface area contributed by atoms with Crippen molar-refractivity contribution in [1.29, 1.82) is 0 Å². The number of fused-ring (bicyclic) bond motifs is 1. The van der Waals surface area contributed by atoms with Crippen LogP contribution < -0.4 is 4.90 Å². The average Bonchev–Trinajstić information content (AvgIpc) is 3.39. The van der Waals surface area contributed by atoms with Gasteiger partial charge in [0.15, 0.2) is 5.82 Å². The minimum Gasteiger partial charge on any atom is -0.353 e. The van der Waals surface area contributed by atoms with E-state index in [2.05, 4.69) is 44.4 Å². The van der Waals surface area contributed by atoms with E-state index in [0.717, 1.165) is 73.7 Å². The van der Waals surface area contributed by atoms with Crippen molar-refractivity contribution in [3.8, 4) is 22.5 Å². The highest BCUT2D eigenvalue weighted by molar-refractivity contribution is 7.17. The zero-order valence-corrected chi connectivity index (χ0v) is 21.2. The molecule has 2 aliphatic rings. The predicted octanol–water partition coefficient (Wildman–Crippen LogP) is 4.55. The van der Waals surface area contributed by atoms with Crippen LogP contribution in [-0.2, 0) is 4.79 Å². The van der Waals surface area contributed by atoms with Crippen LogP contribution in [0, 0.1) is 0 Å². The molecule has 0 aliphatic carbocycles. The number of nitrogens with zero attached hydrogens (tertiary/aromatic N) is 6. The normalized spacial score (nSPS) is 17.0. The maximum atomic E-state index is 12.8. The number of carbonyl (C=O) groups excluding carboxylic acids is 1. The lowest BCUT2D eigenvalue weighted by Crippen LogP contribution is -2.51. The fourth-order valence-corrected chi connectivity index (χ4v) is 6.10. The van der Waals surface area contributed by atoms with Crippen molar-refractivity contribution in [2.45, 2.75) is 19.3 Å². The molecule has 0 atom stereocenters. The first kappa shape index (κ1) is 23.1. The molecule has 0 bridgehead atoms. The Labute approximate surface area is 215 Å². The Morgan fingerprint density at radius 2 is 1.64 bits per heavy atom. The molecule has 2 saturated heterocycles. The third-order valence-electron chi connectivity index (χ3n) is 7.16. The Balaban J connectivity index is 1.29. The fraction of sp³-hybridized carbons (Fsp3) is 0.357. The zero-order valence-electron chi connectivity index (χ0n) is 20.3. The lowest BCUT2D eigenvalue weighted by molar-refractivity contribution is -0.133. The number of anilines is 1. The van der Waals surface area contributed by atoms with Crippen LogP contribution in [0.1, 0.15) is 19.3 Å². The highest BCUT2D eigenvalue weighted by Gasteiger charge is 2.26. The first-order valence-corrected chi connectivity index (χ1v) is 13.6. The Hall–Kier alpha value is -3.36. The molecule has 0 spiro atoms. The van der Waals surface area contributed by atoms with E-state index in [1.54, 1.807) is 17.5 Å². The van der Waals surface area contributed by atoms with Crippen LogP contribution >= 0.6 is 11.3 Å². The molecule has 1 amide bonds. The number of piperidine rings is 1. The number of pyridine rings is 1. The van der Waals surface area contributed by atoms with Crippen LogP contribution in [0.4, 0.5) is 5.82 Å². The van der Waals surface area contributed by atoms with Gasteiger partial charge in [0.25, 0.3) is 0 Å². The molecule has 8 heteroatoms. The summed E-state index contributed by atoms with van der Waals surface area (Å²) in [5.41, 5.74) is 3.26. The molecule has 7 nitrogen and oxygen atoms in total. The second kappa shape index (κ2) is 10.3. The SMILES string of the molecule is O=C(CN1CCN(c2nc(-c3cccnc3)nc3scc(-c4ccccc4)c23)CC1)N1CCCCC1. The van der Waals surface area contributed by atoms with E-state index in [-0.39, 0.29) is 5.91 Å². The van der Waals surface area contributed by atoms with Gasteiger partial charge >= 0.3 is 0 Å². The molecule has 0 unspecified atom stereocenters. The fourth-order valence-electron chi connectivity index (χ4n) is 5.16. The van der Waals surface area contributed by atoms with Gasteiger partial charge in [-0.25, -0.2) is 9.97 Å². The largest absolute Gasteiger partial charge is 0.353 e. The molecule has 0 saturated carbocycles. The number of thiophene rings is 1. The van der Waals surface area contributed by atoms with E-state index in [4.69, 9.17) is 9.97 Å². The number of hydrogen-bond donors (Lipinski definition) is 0. The van der Waals surface area contributed by atoms with Crippen LogP contribution in [0.2, 0.25) is 0 Å². The predicted molar refractivity (Wildman–Crippen MR) is 145 cm³/mol. The minimum absolute atomic E-state index is 0.274. The van der Waals surface area contributed by atoms with E-state index >= 15 is 0 Å². The Bertz CT molecular complexity index is 1330. The van der Waals surface area contributed by atoms with E-state index < -0.39 is 0 Å². The van der Waals surface area contributed by atoms with E-state index in [1.807, 2.05) is 29.3 Å². The minimum atomic E-state index is 0.274. The average molecular weight is 499 g/mol. The summed E-state index contributed by atoms with van der Waals surface area (Å²) in [6.07, 6.45) is 7.09. The van der Waals surface area contributed by atoms with Gasteiger partial charge in [0.05, 0.1) is 11.9 Å². The Morgan fingerprint density at radius 1 is 0.861 bits per heavy atom. The van der Waals surface area contributed by atoms with Gasteiger partial charge in [0.1, 0.15) is 10.6 Å². The molecular formula is C28H30N6OS. The smallest absolute Gasteiger partial charge is 0.236 e. The number of benzene rings is 1. The number of rotatable bonds is 5. The second-order valence-electron chi connectivity index (χ2n) is 9.51. The summed E-state index contributed by atoms with van der Waals surface area (Å²) in [7, 11) is 0. The number of carbonyl (C=O) groups is 1. The van der Waals surface area contributed by atoms with Gasteiger partial charge in [-0.1, -0.05) is 30.3 Å². The summed E-state index contributed by atoms with van der Waals surface area (Å²) in [5, 5.41) is 3.30. The van der Waals surface area contributed by atoms with Crippen molar-refractivity contribution in [3.63, 3.8) is 0 Å². The van der Waals surface area contributed by atoms with Crippen molar-refractivity contribution in [1.82, 2.24) is 24.8 Å². The Morgan fingerprint density at radius 3 is 2.39 bits per heavy atom. The second-order valence-corrected chi connectivity index (χ2v) is 10.4. The lowest BCUT2D eigenvalue weighted by atomic mass is 10.1. The van der Waals surface area contributed by atoms with Crippen molar-refractivity contribution in [3.05, 3.63) is 60.2 Å². The van der Waals surface area contributed by atoms with Crippen molar-refractivity contribution in [2.75, 3.05) is 50.7 Å². The molecule has 3 aromatic heterocycles. The monoisotopic (exact) mass is 498 g/mol. The molecule has 1 aromatic carbocycles. The lowest BCUT2D eigenvalue weighted by Gasteiger charge is -2.37. The molecule has 184 valence electrons. The van der Waals surface area contributed by atoms with Crippen LogP contribution in [0.15, 0.2) is 60.2 Å². The molecule has 2 aliphatic heterocycles. The topological polar surface area (TPSA) is 65.5 Å². The third-order valence-corrected chi connectivity index (χ3v) is 8.03. The maximum absolute atomic E-state index is 12.8. The highest BCUT2D eigenvalue weighted by Crippen LogP contribution is 2.39. The zero-order chi connectivity index (χ0) is 24.3. The van der Waals surface area contributed by atoms with Gasteiger partial charge in [0.2, 0.25) is 5.91 Å². The summed E-state index contributed by atoms with van der Waals surface area (Å²) in [5.74, 6) is 1.95. The summed E-state index contributed by atoms with van der Waals surface area (Å²) in [6.45, 7) is 5.69. The van der Waals surface area contributed by atoms with E-state index in [9.17, 15) is 4.79 Å². The van der Waals surface area contributed by atoms with Gasteiger partial charge in [-0.15, -0.1) is 11.3 Å². The molecule has 0 radical (unpaired) electrons. The molecule has 36 heavy (non-hydrogen) atoms. The standard InChI is InChI=1S/C28H30N6OS/c35-24(33-12-5-2-6-13-33)19-32-14-16-34(17-15-32)27-25-23(21-8-3-1-4-9-21)20-36-28(25)31-26(30-27)22-10-7-11-29-18-22/h1,3-4,7-11,18,20H,2,5-6,12-17,19H2. The van der Waals surface area contributed by atoms with Crippen molar-refractivity contribution >= 4 is 33.3 Å². The molecule has 0 N–H and O–H groups in total. The summed E-state index contributed by atoms with van der Waals surface area (Å²) in [4.78, 5) is 34.8. The van der Waals surface area contributed by atoms with Crippen molar-refractivity contribution < 1.29 is 4.79 Å². The van der Waals surface area contributed by atoms with Crippen LogP contribution in [-0.4, -0.2) is 76.5 Å². The summed E-state index contributed by atoms with van der Waals surface area (Å²) < 4.78 is 0. The number of aromatic nitrogens is 3. The van der Waals surface area contributed by atoms with E-state index in [0.29, 0.717) is 12.4 Å². The van der Waals surface area contributed by atoms with Gasteiger partial charge in [0, 0.05) is 68.2 Å². The quantitative estimate of drug-likeness (QED) is 0.402. The van der Waals surface area contributed by atoms with E-state index in [1.165, 1.54) is 17.5 Å². The molecule has 6 rings (SSSR count). The van der Waals surface area contributed by atoms with Crippen LogP contribution in [0.3, 0.4) is 0 Å². The van der Waals surface area contributed by atoms with Crippen LogP contribution in [0.5, 0.6) is 0 Å². The molecule has 4 aromatic rings. The van der Waals surface area contributed by atoms with Crippen molar-refractivity contribution in [2.24, 2.45) is 0 Å². The summed E-state index contributed by atoms with van der Waals surface area (Å²) in [6, 6.07) is 14.4. The Kier molecular flexibility index (Phi) is 6.61. The van der Waals surface area contributed by atoms with Gasteiger partial charge in [-0.2, -0.15) is 0 Å². The number of piperazine rings is 1. The van der Waals surface area contributed by atoms with Gasteiger partial charge in [-0.3, -0.25) is 14.7 Å². The van der Waals surface area contributed by atoms with Gasteiger partial charge in [-0.05, 0) is 37.0 Å². The number of hydrogen-bond acceptors (Lipinski definition) is 7. The third kappa shape index (κ3) is 4.70. The summed E-state index contributed by atoms with van der Waals surface area (Å²) >= 11 is 1.66. The molecular weight excluding hydrogens is 468 g/mol. The van der Waals surface area contributed by atoms with Gasteiger partial charge < -0.3 is 9.80 Å². The molecule has 5 heterocycles. The number of likely N-dealkylation sites (tertiary alicyclic amines) is 1. The van der Waals surface area contributed by atoms with Crippen LogP contribution in [0.25, 0.3) is 32.7 Å². The maximum Gasteiger partial charge on any atom is 0.236 e. The first-order chi connectivity index (χ1) is 17.8. The highest BCUT2D eigenvalue weighted by atomic mass is 32.1. The first-order valence-electron chi connectivity index (χ1n) is 12.8. The molecule has 2 fully saturated rings.